The van der Waals surface area contributed by atoms with Gasteiger partial charge < -0.3 is 5.32 Å². The fourth-order valence-electron chi connectivity index (χ4n) is 2.70. The predicted octanol–water partition coefficient (Wildman–Crippen LogP) is 3.31. The van der Waals surface area contributed by atoms with Crippen molar-refractivity contribution in [2.45, 2.75) is 58.7 Å². The molecule has 0 saturated heterocycles. The summed E-state index contributed by atoms with van der Waals surface area (Å²) < 4.78 is 2.18. The molecule has 1 N–H and O–H groups in total. The van der Waals surface area contributed by atoms with Gasteiger partial charge in [0, 0.05) is 18.3 Å². The van der Waals surface area contributed by atoms with E-state index in [1.165, 1.54) is 35.4 Å². The Labute approximate surface area is 127 Å². The highest BCUT2D eigenvalue weighted by Crippen LogP contribution is 2.20. The minimum absolute atomic E-state index is 0.751. The molecule has 3 rings (SSSR count). The number of benzene rings is 1. The third-order valence-corrected chi connectivity index (χ3v) is 4.24. The highest BCUT2D eigenvalue weighted by molar-refractivity contribution is 5.28. The van der Waals surface area contributed by atoms with Gasteiger partial charge in [-0.25, -0.2) is 0 Å². The van der Waals surface area contributed by atoms with E-state index in [4.69, 9.17) is 5.10 Å². The molecule has 1 aliphatic rings. The molecule has 0 atom stereocenters. The van der Waals surface area contributed by atoms with Crippen molar-refractivity contribution >= 4 is 0 Å². The standard InChI is InChI=1S/C18H25N3/c1-3-16-11-18(4-2)21(20-16)13-15-8-6-5-7-14(15)12-19-17-9-10-17/h5-8,11,17,19H,3-4,9-10,12-13H2,1-2H3. The van der Waals surface area contributed by atoms with Gasteiger partial charge in [-0.1, -0.05) is 38.1 Å². The molecule has 1 aliphatic carbocycles. The quantitative estimate of drug-likeness (QED) is 0.845. The van der Waals surface area contributed by atoms with Crippen LogP contribution in [0.5, 0.6) is 0 Å². The maximum absolute atomic E-state index is 4.74. The van der Waals surface area contributed by atoms with Crippen LogP contribution in [0.15, 0.2) is 30.3 Å². The van der Waals surface area contributed by atoms with Crippen LogP contribution in [0.2, 0.25) is 0 Å². The second-order valence-electron chi connectivity index (χ2n) is 5.92. The number of nitrogens with one attached hydrogen (secondary N) is 1. The average molecular weight is 283 g/mol. The lowest BCUT2D eigenvalue weighted by Crippen LogP contribution is -2.17. The van der Waals surface area contributed by atoms with Crippen LogP contribution >= 0.6 is 0 Å². The van der Waals surface area contributed by atoms with E-state index < -0.39 is 0 Å². The largest absolute Gasteiger partial charge is 0.310 e. The second-order valence-corrected chi connectivity index (χ2v) is 5.92. The monoisotopic (exact) mass is 283 g/mol. The molecule has 1 aromatic heterocycles. The third kappa shape index (κ3) is 3.53. The van der Waals surface area contributed by atoms with Crippen LogP contribution in [0, 0.1) is 0 Å². The van der Waals surface area contributed by atoms with E-state index in [1.807, 2.05) is 0 Å². The van der Waals surface area contributed by atoms with Crippen LogP contribution in [-0.4, -0.2) is 15.8 Å². The summed E-state index contributed by atoms with van der Waals surface area (Å²) in [6.07, 6.45) is 4.71. The van der Waals surface area contributed by atoms with Crippen molar-refractivity contribution in [2.24, 2.45) is 0 Å². The number of nitrogens with zero attached hydrogens (tertiary/aromatic N) is 2. The average Bonchev–Trinajstić information content (AvgIpc) is 3.26. The van der Waals surface area contributed by atoms with Gasteiger partial charge in [-0.3, -0.25) is 4.68 Å². The van der Waals surface area contributed by atoms with Crippen molar-refractivity contribution in [3.63, 3.8) is 0 Å². The minimum Gasteiger partial charge on any atom is -0.310 e. The first-order valence-electron chi connectivity index (χ1n) is 8.16. The smallest absolute Gasteiger partial charge is 0.0665 e. The topological polar surface area (TPSA) is 29.9 Å². The molecule has 0 aliphatic heterocycles. The molecular formula is C18H25N3. The van der Waals surface area contributed by atoms with E-state index in [-0.39, 0.29) is 0 Å². The SMILES string of the molecule is CCc1cc(CC)n(Cc2ccccc2CNC2CC2)n1. The maximum Gasteiger partial charge on any atom is 0.0665 e. The lowest BCUT2D eigenvalue weighted by molar-refractivity contribution is 0.625. The molecule has 1 aromatic carbocycles. The Morgan fingerprint density at radius 3 is 2.57 bits per heavy atom. The van der Waals surface area contributed by atoms with Crippen LogP contribution in [0.3, 0.4) is 0 Å². The van der Waals surface area contributed by atoms with E-state index in [0.29, 0.717) is 0 Å². The summed E-state index contributed by atoms with van der Waals surface area (Å²) in [6.45, 7) is 6.23. The third-order valence-electron chi connectivity index (χ3n) is 4.24. The molecule has 0 bridgehead atoms. The predicted molar refractivity (Wildman–Crippen MR) is 86.4 cm³/mol. The van der Waals surface area contributed by atoms with Gasteiger partial charge >= 0.3 is 0 Å². The van der Waals surface area contributed by atoms with Crippen LogP contribution in [0.25, 0.3) is 0 Å². The molecule has 0 amide bonds. The molecule has 3 nitrogen and oxygen atoms in total. The zero-order valence-corrected chi connectivity index (χ0v) is 13.1. The minimum atomic E-state index is 0.751. The van der Waals surface area contributed by atoms with Crippen molar-refractivity contribution < 1.29 is 0 Å². The molecule has 1 fully saturated rings. The molecule has 0 spiro atoms. The van der Waals surface area contributed by atoms with Crippen LogP contribution in [-0.2, 0) is 25.9 Å². The number of hydrogen-bond acceptors (Lipinski definition) is 2. The molecule has 3 heteroatoms. The normalized spacial score (nSPS) is 14.6. The Morgan fingerprint density at radius 2 is 1.90 bits per heavy atom. The zero-order chi connectivity index (χ0) is 14.7. The van der Waals surface area contributed by atoms with Crippen molar-refractivity contribution in [3.05, 3.63) is 52.8 Å². The van der Waals surface area contributed by atoms with Gasteiger partial charge in [0.25, 0.3) is 0 Å². The van der Waals surface area contributed by atoms with Crippen LogP contribution < -0.4 is 5.32 Å². The Morgan fingerprint density at radius 1 is 1.14 bits per heavy atom. The van der Waals surface area contributed by atoms with E-state index in [2.05, 4.69) is 54.2 Å². The number of aryl methyl sites for hydroxylation is 2. The fraction of sp³-hybridized carbons (Fsp3) is 0.500. The Kier molecular flexibility index (Phi) is 4.39. The second kappa shape index (κ2) is 6.44. The first-order valence-corrected chi connectivity index (χ1v) is 8.16. The number of rotatable bonds is 7. The van der Waals surface area contributed by atoms with Gasteiger partial charge in [0.15, 0.2) is 0 Å². The van der Waals surface area contributed by atoms with Gasteiger partial charge in [0.1, 0.15) is 0 Å². The first-order chi connectivity index (χ1) is 10.3. The molecule has 0 unspecified atom stereocenters. The summed E-state index contributed by atoms with van der Waals surface area (Å²) in [6, 6.07) is 11.7. The van der Waals surface area contributed by atoms with E-state index >= 15 is 0 Å². The summed E-state index contributed by atoms with van der Waals surface area (Å²) in [5, 5.41) is 8.35. The summed E-state index contributed by atoms with van der Waals surface area (Å²) in [5.74, 6) is 0. The lowest BCUT2D eigenvalue weighted by atomic mass is 10.1. The maximum atomic E-state index is 4.74. The molecule has 0 radical (unpaired) electrons. The summed E-state index contributed by atoms with van der Waals surface area (Å²) in [4.78, 5) is 0. The molecular weight excluding hydrogens is 258 g/mol. The molecule has 112 valence electrons. The summed E-state index contributed by atoms with van der Waals surface area (Å²) >= 11 is 0. The van der Waals surface area contributed by atoms with Crippen molar-refractivity contribution in [1.29, 1.82) is 0 Å². The molecule has 1 saturated carbocycles. The Hall–Kier alpha value is -1.61. The van der Waals surface area contributed by atoms with Gasteiger partial charge in [0.05, 0.1) is 12.2 Å². The first kappa shape index (κ1) is 14.3. The van der Waals surface area contributed by atoms with Crippen molar-refractivity contribution in [3.8, 4) is 0 Å². The van der Waals surface area contributed by atoms with Crippen LogP contribution in [0.4, 0.5) is 0 Å². The zero-order valence-electron chi connectivity index (χ0n) is 13.1. The molecule has 1 heterocycles. The summed E-state index contributed by atoms with van der Waals surface area (Å²) in [5.41, 5.74) is 5.31. The Balaban J connectivity index is 1.78. The van der Waals surface area contributed by atoms with Crippen molar-refractivity contribution in [2.75, 3.05) is 0 Å². The molecule has 2 aromatic rings. The van der Waals surface area contributed by atoms with E-state index in [0.717, 1.165) is 32.0 Å². The lowest BCUT2D eigenvalue weighted by Gasteiger charge is -2.12. The van der Waals surface area contributed by atoms with Crippen molar-refractivity contribution in [1.82, 2.24) is 15.1 Å². The fourth-order valence-corrected chi connectivity index (χ4v) is 2.70. The van der Waals surface area contributed by atoms with Gasteiger partial charge in [-0.05, 0) is 42.9 Å². The Bertz CT molecular complexity index is 596. The van der Waals surface area contributed by atoms with Gasteiger partial charge in [-0.2, -0.15) is 5.10 Å². The molecule has 21 heavy (non-hydrogen) atoms. The van der Waals surface area contributed by atoms with Crippen LogP contribution in [0.1, 0.15) is 49.2 Å². The van der Waals surface area contributed by atoms with Gasteiger partial charge in [-0.15, -0.1) is 0 Å². The van der Waals surface area contributed by atoms with E-state index in [9.17, 15) is 0 Å². The highest BCUT2D eigenvalue weighted by Gasteiger charge is 2.20. The number of aromatic nitrogens is 2. The van der Waals surface area contributed by atoms with Gasteiger partial charge in [0.2, 0.25) is 0 Å². The van der Waals surface area contributed by atoms with E-state index in [1.54, 1.807) is 0 Å². The summed E-state index contributed by atoms with van der Waals surface area (Å²) in [7, 11) is 0. The highest BCUT2D eigenvalue weighted by atomic mass is 15.3. The number of hydrogen-bond donors (Lipinski definition) is 1.